The van der Waals surface area contributed by atoms with Crippen LogP contribution in [0.4, 0.5) is 0 Å². The second-order valence-electron chi connectivity index (χ2n) is 5.41. The zero-order valence-corrected chi connectivity index (χ0v) is 10.7. The highest BCUT2D eigenvalue weighted by Gasteiger charge is 2.31. The number of aliphatic carboxylic acids is 1. The molecule has 102 valence electrons. The molecule has 18 heavy (non-hydrogen) atoms. The molecular formula is C13H22N2O3. The normalized spacial score (nSPS) is 28.3. The average Bonchev–Trinajstić information content (AvgIpc) is 2.85. The Labute approximate surface area is 108 Å². The van der Waals surface area contributed by atoms with Gasteiger partial charge in [-0.25, -0.2) is 0 Å². The molecule has 2 N–H and O–H groups in total. The highest BCUT2D eigenvalue weighted by molar-refractivity contribution is 5.79. The molecule has 5 heteroatoms. The summed E-state index contributed by atoms with van der Waals surface area (Å²) >= 11 is 0. The highest BCUT2D eigenvalue weighted by Crippen LogP contribution is 2.24. The van der Waals surface area contributed by atoms with Gasteiger partial charge in [-0.1, -0.05) is 0 Å². The lowest BCUT2D eigenvalue weighted by Crippen LogP contribution is -2.42. The number of carbonyl (C=O) groups excluding carboxylic acids is 1. The van der Waals surface area contributed by atoms with E-state index in [4.69, 9.17) is 5.11 Å². The topological polar surface area (TPSA) is 69.6 Å². The van der Waals surface area contributed by atoms with Crippen molar-refractivity contribution in [1.29, 1.82) is 0 Å². The van der Waals surface area contributed by atoms with Gasteiger partial charge in [0, 0.05) is 26.1 Å². The van der Waals surface area contributed by atoms with Gasteiger partial charge in [0.05, 0.1) is 5.92 Å². The minimum absolute atomic E-state index is 0.136. The number of carbonyl (C=O) groups is 2. The number of rotatable bonds is 4. The highest BCUT2D eigenvalue weighted by atomic mass is 16.4. The number of hydrogen-bond donors (Lipinski definition) is 2. The van der Waals surface area contributed by atoms with Crippen LogP contribution in [-0.2, 0) is 9.59 Å². The molecule has 2 unspecified atom stereocenters. The van der Waals surface area contributed by atoms with E-state index in [0.717, 1.165) is 45.4 Å². The summed E-state index contributed by atoms with van der Waals surface area (Å²) < 4.78 is 0. The first-order valence-electron chi connectivity index (χ1n) is 6.88. The number of likely N-dealkylation sites (tertiary alicyclic amines) is 1. The molecule has 5 nitrogen and oxygen atoms in total. The molecule has 0 aromatic heterocycles. The van der Waals surface area contributed by atoms with E-state index in [1.807, 2.05) is 4.90 Å². The van der Waals surface area contributed by atoms with Crippen molar-refractivity contribution in [1.82, 2.24) is 10.2 Å². The Morgan fingerprint density at radius 2 is 2.17 bits per heavy atom. The molecule has 2 rings (SSSR count). The van der Waals surface area contributed by atoms with Crippen molar-refractivity contribution in [2.24, 2.45) is 11.8 Å². The molecule has 2 aliphatic heterocycles. The Hall–Kier alpha value is -1.10. The van der Waals surface area contributed by atoms with Crippen LogP contribution in [0, 0.1) is 11.8 Å². The van der Waals surface area contributed by atoms with E-state index in [0.29, 0.717) is 12.3 Å². The number of hydrogen-bond acceptors (Lipinski definition) is 3. The van der Waals surface area contributed by atoms with Crippen molar-refractivity contribution in [3.05, 3.63) is 0 Å². The maximum absolute atomic E-state index is 12.3. The van der Waals surface area contributed by atoms with Crippen LogP contribution in [0.25, 0.3) is 0 Å². The van der Waals surface area contributed by atoms with Crippen LogP contribution in [0.5, 0.6) is 0 Å². The number of piperidine rings is 1. The van der Waals surface area contributed by atoms with Crippen molar-refractivity contribution in [2.45, 2.75) is 32.1 Å². The van der Waals surface area contributed by atoms with Gasteiger partial charge in [0.25, 0.3) is 0 Å². The minimum Gasteiger partial charge on any atom is -0.481 e. The van der Waals surface area contributed by atoms with E-state index >= 15 is 0 Å². The van der Waals surface area contributed by atoms with E-state index in [2.05, 4.69) is 5.32 Å². The number of carboxylic acid groups (broad SMARTS) is 1. The molecule has 2 atom stereocenters. The fourth-order valence-electron chi connectivity index (χ4n) is 2.92. The summed E-state index contributed by atoms with van der Waals surface area (Å²) in [6.45, 7) is 3.38. The summed E-state index contributed by atoms with van der Waals surface area (Å²) in [7, 11) is 0. The van der Waals surface area contributed by atoms with E-state index < -0.39 is 5.97 Å². The molecule has 0 radical (unpaired) electrons. The van der Waals surface area contributed by atoms with Crippen molar-refractivity contribution in [2.75, 3.05) is 26.2 Å². The Morgan fingerprint density at radius 1 is 1.33 bits per heavy atom. The van der Waals surface area contributed by atoms with E-state index in [1.54, 1.807) is 0 Å². The third-order valence-electron chi connectivity index (χ3n) is 4.01. The molecule has 0 bridgehead atoms. The summed E-state index contributed by atoms with van der Waals surface area (Å²) in [5.41, 5.74) is 0. The number of nitrogens with zero attached hydrogens (tertiary/aromatic N) is 1. The predicted molar refractivity (Wildman–Crippen MR) is 67.2 cm³/mol. The largest absolute Gasteiger partial charge is 0.481 e. The number of amides is 1. The summed E-state index contributed by atoms with van der Waals surface area (Å²) in [5.74, 6) is 0.0369. The lowest BCUT2D eigenvalue weighted by molar-refractivity contribution is -0.137. The number of nitrogens with one attached hydrogen (secondary N) is 1. The molecule has 0 aromatic rings. The van der Waals surface area contributed by atoms with Gasteiger partial charge in [0.15, 0.2) is 0 Å². The molecule has 2 aliphatic rings. The molecule has 2 fully saturated rings. The quantitative estimate of drug-likeness (QED) is 0.775. The third kappa shape index (κ3) is 3.45. The van der Waals surface area contributed by atoms with Gasteiger partial charge in [-0.05, 0) is 38.1 Å². The second kappa shape index (κ2) is 6.18. The first-order chi connectivity index (χ1) is 8.66. The summed E-state index contributed by atoms with van der Waals surface area (Å²) in [4.78, 5) is 24.7. The van der Waals surface area contributed by atoms with Gasteiger partial charge < -0.3 is 15.3 Å². The van der Waals surface area contributed by atoms with E-state index in [1.165, 1.54) is 0 Å². The SMILES string of the molecule is O=C(O)CCC1CCN(C(=O)C2CCCNC2)C1. The van der Waals surface area contributed by atoms with Gasteiger partial charge in [-0.15, -0.1) is 0 Å². The lowest BCUT2D eigenvalue weighted by Gasteiger charge is -2.26. The first-order valence-corrected chi connectivity index (χ1v) is 6.88. The molecular weight excluding hydrogens is 232 g/mol. The van der Waals surface area contributed by atoms with Crippen molar-refractivity contribution >= 4 is 11.9 Å². The Balaban J connectivity index is 1.77. The van der Waals surface area contributed by atoms with Crippen LogP contribution in [0.15, 0.2) is 0 Å². The Morgan fingerprint density at radius 3 is 2.83 bits per heavy atom. The van der Waals surface area contributed by atoms with Gasteiger partial charge in [0.2, 0.25) is 5.91 Å². The molecule has 0 aromatic carbocycles. The molecule has 2 heterocycles. The minimum atomic E-state index is -0.740. The lowest BCUT2D eigenvalue weighted by atomic mass is 9.98. The Kier molecular flexibility index (Phi) is 4.58. The van der Waals surface area contributed by atoms with Crippen LogP contribution in [0.2, 0.25) is 0 Å². The summed E-state index contributed by atoms with van der Waals surface area (Å²) in [5, 5.41) is 11.9. The van der Waals surface area contributed by atoms with Crippen LogP contribution in [-0.4, -0.2) is 48.1 Å². The molecule has 0 spiro atoms. The standard InChI is InChI=1S/C13H22N2O3/c16-12(17)4-3-10-5-7-15(9-10)13(18)11-2-1-6-14-8-11/h10-11,14H,1-9H2,(H,16,17). The molecule has 0 aliphatic carbocycles. The van der Waals surface area contributed by atoms with E-state index in [9.17, 15) is 9.59 Å². The maximum Gasteiger partial charge on any atom is 0.303 e. The third-order valence-corrected chi connectivity index (χ3v) is 4.01. The van der Waals surface area contributed by atoms with Crippen molar-refractivity contribution in [3.8, 4) is 0 Å². The smallest absolute Gasteiger partial charge is 0.303 e. The molecule has 1 amide bonds. The first kappa shape index (κ1) is 13.3. The van der Waals surface area contributed by atoms with Gasteiger partial charge >= 0.3 is 5.97 Å². The van der Waals surface area contributed by atoms with Crippen LogP contribution < -0.4 is 5.32 Å². The zero-order chi connectivity index (χ0) is 13.0. The van der Waals surface area contributed by atoms with Gasteiger partial charge in [-0.3, -0.25) is 9.59 Å². The van der Waals surface area contributed by atoms with Crippen LogP contribution in [0.3, 0.4) is 0 Å². The Bertz CT molecular complexity index is 313. The van der Waals surface area contributed by atoms with E-state index in [-0.39, 0.29) is 18.2 Å². The summed E-state index contributed by atoms with van der Waals surface area (Å²) in [6, 6.07) is 0. The van der Waals surface area contributed by atoms with Crippen LogP contribution in [0.1, 0.15) is 32.1 Å². The molecule has 0 saturated carbocycles. The fourth-order valence-corrected chi connectivity index (χ4v) is 2.92. The van der Waals surface area contributed by atoms with Gasteiger partial charge in [0.1, 0.15) is 0 Å². The van der Waals surface area contributed by atoms with Crippen LogP contribution >= 0.6 is 0 Å². The van der Waals surface area contributed by atoms with Crippen molar-refractivity contribution in [3.63, 3.8) is 0 Å². The monoisotopic (exact) mass is 254 g/mol. The molecule has 2 saturated heterocycles. The fraction of sp³-hybridized carbons (Fsp3) is 0.846. The van der Waals surface area contributed by atoms with Gasteiger partial charge in [-0.2, -0.15) is 0 Å². The van der Waals surface area contributed by atoms with Crippen molar-refractivity contribution < 1.29 is 14.7 Å². The second-order valence-corrected chi connectivity index (χ2v) is 5.41. The maximum atomic E-state index is 12.3. The predicted octanol–water partition coefficient (Wildman–Crippen LogP) is 0.699. The summed E-state index contributed by atoms with van der Waals surface area (Å²) in [6.07, 6.45) is 3.94. The number of carboxylic acids is 1. The average molecular weight is 254 g/mol. The zero-order valence-electron chi connectivity index (χ0n) is 10.7.